The molecule has 0 aromatic rings. The van der Waals surface area contributed by atoms with Crippen LogP contribution in [0.1, 0.15) is 6.92 Å². The Labute approximate surface area is 65.4 Å². The molecular weight excluding hydrogens is 148 g/mol. The molecule has 1 aliphatic rings. The van der Waals surface area contributed by atoms with Gasteiger partial charge in [-0.15, -0.1) is 0 Å². The predicted molar refractivity (Wildman–Crippen MR) is 37.2 cm³/mol. The zero-order chi connectivity index (χ0) is 8.10. The van der Waals surface area contributed by atoms with E-state index in [1.54, 1.807) is 6.92 Å². The van der Waals surface area contributed by atoms with Crippen LogP contribution in [0.5, 0.6) is 0 Å². The molecule has 4 nitrogen and oxygen atoms in total. The van der Waals surface area contributed by atoms with Crippen LogP contribution >= 0.6 is 0 Å². The second kappa shape index (κ2) is 4.31. The highest BCUT2D eigenvalue weighted by Crippen LogP contribution is 2.02. The van der Waals surface area contributed by atoms with Crippen molar-refractivity contribution < 1.29 is 19.0 Å². The summed E-state index contributed by atoms with van der Waals surface area (Å²) in [5.74, 6) is -0.327. The van der Waals surface area contributed by atoms with E-state index in [-0.39, 0.29) is 5.97 Å². The van der Waals surface area contributed by atoms with E-state index in [4.69, 9.17) is 14.2 Å². The number of hydrogen-bond donors (Lipinski definition) is 0. The van der Waals surface area contributed by atoms with Crippen molar-refractivity contribution >= 4 is 5.97 Å². The van der Waals surface area contributed by atoms with E-state index >= 15 is 0 Å². The Hall–Kier alpha value is -0.610. The lowest BCUT2D eigenvalue weighted by atomic mass is 10.3. The zero-order valence-electron chi connectivity index (χ0n) is 6.54. The molecule has 64 valence electrons. The SMILES string of the molecule is CCOC(=O)[C@H]1COCCO1. The Morgan fingerprint density at radius 2 is 2.45 bits per heavy atom. The summed E-state index contributed by atoms with van der Waals surface area (Å²) in [5, 5.41) is 0. The monoisotopic (exact) mass is 160 g/mol. The molecule has 1 saturated heterocycles. The molecule has 1 heterocycles. The summed E-state index contributed by atoms with van der Waals surface area (Å²) in [6, 6.07) is 0. The molecule has 0 radical (unpaired) electrons. The van der Waals surface area contributed by atoms with Gasteiger partial charge in [0.1, 0.15) is 0 Å². The second-order valence-electron chi connectivity index (χ2n) is 2.19. The molecule has 0 bridgehead atoms. The molecule has 1 atom stereocenters. The summed E-state index contributed by atoms with van der Waals surface area (Å²) in [4.78, 5) is 11.0. The molecule has 1 aliphatic heterocycles. The Bertz CT molecular complexity index is 128. The van der Waals surface area contributed by atoms with Gasteiger partial charge >= 0.3 is 5.97 Å². The molecule has 11 heavy (non-hydrogen) atoms. The van der Waals surface area contributed by atoms with Crippen LogP contribution in [0.15, 0.2) is 0 Å². The molecule has 0 aromatic carbocycles. The topological polar surface area (TPSA) is 44.8 Å². The minimum absolute atomic E-state index is 0.318. The first-order chi connectivity index (χ1) is 5.34. The molecule has 0 N–H and O–H groups in total. The summed E-state index contributed by atoms with van der Waals surface area (Å²) in [7, 11) is 0. The molecule has 0 aromatic heterocycles. The van der Waals surface area contributed by atoms with E-state index < -0.39 is 6.10 Å². The number of rotatable bonds is 2. The molecule has 0 saturated carbocycles. The average molecular weight is 160 g/mol. The summed E-state index contributed by atoms with van der Waals surface area (Å²) in [6.45, 7) is 3.51. The van der Waals surface area contributed by atoms with E-state index in [1.165, 1.54) is 0 Å². The maximum atomic E-state index is 11.0. The Morgan fingerprint density at radius 3 is 3.00 bits per heavy atom. The van der Waals surface area contributed by atoms with Gasteiger partial charge in [-0.3, -0.25) is 0 Å². The van der Waals surface area contributed by atoms with Crippen molar-refractivity contribution in [2.24, 2.45) is 0 Å². The van der Waals surface area contributed by atoms with Crippen LogP contribution in [-0.4, -0.2) is 38.5 Å². The summed E-state index contributed by atoms with van der Waals surface area (Å²) in [6.07, 6.45) is -0.510. The van der Waals surface area contributed by atoms with E-state index in [0.717, 1.165) is 0 Å². The van der Waals surface area contributed by atoms with Crippen LogP contribution < -0.4 is 0 Å². The average Bonchev–Trinajstić information content (AvgIpc) is 2.07. The summed E-state index contributed by atoms with van der Waals surface area (Å²) in [5.41, 5.74) is 0. The smallest absolute Gasteiger partial charge is 0.337 e. The Balaban J connectivity index is 2.27. The molecular formula is C7H12O4. The van der Waals surface area contributed by atoms with Crippen LogP contribution in [0, 0.1) is 0 Å². The first-order valence-electron chi connectivity index (χ1n) is 3.70. The lowest BCUT2D eigenvalue weighted by molar-refractivity contribution is -0.170. The number of ether oxygens (including phenoxy) is 3. The van der Waals surface area contributed by atoms with Crippen molar-refractivity contribution in [3.05, 3.63) is 0 Å². The predicted octanol–water partition coefficient (Wildman–Crippen LogP) is -0.0351. The molecule has 0 aliphatic carbocycles. The molecule has 1 fully saturated rings. The van der Waals surface area contributed by atoms with Gasteiger partial charge in [0.2, 0.25) is 0 Å². The zero-order valence-corrected chi connectivity index (χ0v) is 6.54. The van der Waals surface area contributed by atoms with E-state index in [2.05, 4.69) is 0 Å². The minimum atomic E-state index is -0.510. The lowest BCUT2D eigenvalue weighted by Crippen LogP contribution is -2.36. The molecule has 4 heteroatoms. The van der Waals surface area contributed by atoms with Crippen molar-refractivity contribution in [1.82, 2.24) is 0 Å². The fourth-order valence-electron chi connectivity index (χ4n) is 0.859. The number of carbonyl (C=O) groups excluding carboxylic acids is 1. The summed E-state index contributed by atoms with van der Waals surface area (Å²) >= 11 is 0. The van der Waals surface area contributed by atoms with Gasteiger partial charge in [-0.25, -0.2) is 4.79 Å². The van der Waals surface area contributed by atoms with Crippen LogP contribution in [0.2, 0.25) is 0 Å². The van der Waals surface area contributed by atoms with Gasteiger partial charge < -0.3 is 14.2 Å². The number of esters is 1. The fraction of sp³-hybridized carbons (Fsp3) is 0.857. The maximum Gasteiger partial charge on any atom is 0.337 e. The standard InChI is InChI=1S/C7H12O4/c1-2-10-7(8)6-5-9-3-4-11-6/h6H,2-5H2,1H3/t6-/m1/s1. The van der Waals surface area contributed by atoms with Gasteiger partial charge in [0, 0.05) is 0 Å². The van der Waals surface area contributed by atoms with Crippen LogP contribution in [0.3, 0.4) is 0 Å². The van der Waals surface area contributed by atoms with Crippen LogP contribution in [-0.2, 0) is 19.0 Å². The van der Waals surface area contributed by atoms with Crippen molar-refractivity contribution in [2.45, 2.75) is 13.0 Å². The third-order valence-corrected chi connectivity index (χ3v) is 1.37. The van der Waals surface area contributed by atoms with E-state index in [0.29, 0.717) is 26.4 Å². The highest BCUT2D eigenvalue weighted by atomic mass is 16.6. The van der Waals surface area contributed by atoms with Gasteiger partial charge in [-0.1, -0.05) is 0 Å². The fourth-order valence-corrected chi connectivity index (χ4v) is 0.859. The lowest BCUT2D eigenvalue weighted by Gasteiger charge is -2.20. The van der Waals surface area contributed by atoms with E-state index in [9.17, 15) is 4.79 Å². The van der Waals surface area contributed by atoms with Gasteiger partial charge in [0.15, 0.2) is 6.10 Å². The van der Waals surface area contributed by atoms with Crippen molar-refractivity contribution in [1.29, 1.82) is 0 Å². The van der Waals surface area contributed by atoms with Crippen molar-refractivity contribution in [3.63, 3.8) is 0 Å². The second-order valence-corrected chi connectivity index (χ2v) is 2.19. The van der Waals surface area contributed by atoms with Gasteiger partial charge in [-0.05, 0) is 6.92 Å². The van der Waals surface area contributed by atoms with Crippen LogP contribution in [0.4, 0.5) is 0 Å². The largest absolute Gasteiger partial charge is 0.464 e. The van der Waals surface area contributed by atoms with E-state index in [1.807, 2.05) is 0 Å². The van der Waals surface area contributed by atoms with Gasteiger partial charge in [0.05, 0.1) is 26.4 Å². The maximum absolute atomic E-state index is 11.0. The number of hydrogen-bond acceptors (Lipinski definition) is 4. The molecule has 0 spiro atoms. The highest BCUT2D eigenvalue weighted by molar-refractivity contribution is 5.74. The third kappa shape index (κ3) is 2.48. The highest BCUT2D eigenvalue weighted by Gasteiger charge is 2.23. The quantitative estimate of drug-likeness (QED) is 0.532. The Kier molecular flexibility index (Phi) is 3.32. The summed E-state index contributed by atoms with van der Waals surface area (Å²) < 4.78 is 14.9. The van der Waals surface area contributed by atoms with Gasteiger partial charge in [0.25, 0.3) is 0 Å². The molecule has 0 unspecified atom stereocenters. The number of carbonyl (C=O) groups is 1. The minimum Gasteiger partial charge on any atom is -0.464 e. The van der Waals surface area contributed by atoms with Crippen molar-refractivity contribution in [2.75, 3.05) is 26.4 Å². The normalized spacial score (nSPS) is 24.6. The van der Waals surface area contributed by atoms with Crippen molar-refractivity contribution in [3.8, 4) is 0 Å². The first-order valence-corrected chi connectivity index (χ1v) is 3.70. The third-order valence-electron chi connectivity index (χ3n) is 1.37. The van der Waals surface area contributed by atoms with Gasteiger partial charge in [-0.2, -0.15) is 0 Å². The van der Waals surface area contributed by atoms with Crippen LogP contribution in [0.25, 0.3) is 0 Å². The molecule has 1 rings (SSSR count). The molecule has 0 amide bonds. The first kappa shape index (κ1) is 8.49. The Morgan fingerprint density at radius 1 is 1.64 bits per heavy atom.